The van der Waals surface area contributed by atoms with Crippen molar-refractivity contribution < 1.29 is 4.79 Å². The Morgan fingerprint density at radius 2 is 2.22 bits per heavy atom. The van der Waals surface area contributed by atoms with Crippen LogP contribution in [0.1, 0.15) is 25.5 Å². The van der Waals surface area contributed by atoms with Crippen LogP contribution in [-0.4, -0.2) is 17.9 Å². The Kier molecular flexibility index (Phi) is 3.92. The van der Waals surface area contributed by atoms with Crippen molar-refractivity contribution in [3.05, 3.63) is 33.3 Å². The maximum absolute atomic E-state index is 11.9. The van der Waals surface area contributed by atoms with Gasteiger partial charge in [0.05, 0.1) is 0 Å². The van der Waals surface area contributed by atoms with Crippen LogP contribution >= 0.6 is 27.5 Å². The van der Waals surface area contributed by atoms with Crippen LogP contribution in [0.3, 0.4) is 0 Å². The summed E-state index contributed by atoms with van der Waals surface area (Å²) in [4.78, 5) is 16.2. The first-order chi connectivity index (χ1) is 8.47. The van der Waals surface area contributed by atoms with E-state index in [9.17, 15) is 4.79 Å². The highest BCUT2D eigenvalue weighted by Gasteiger charge is 2.29. The highest BCUT2D eigenvalue weighted by atomic mass is 79.9. The Bertz CT molecular complexity index is 516. The lowest BCUT2D eigenvalue weighted by molar-refractivity contribution is -0.120. The molecule has 1 amide bonds. The van der Waals surface area contributed by atoms with Gasteiger partial charge in [-0.15, -0.1) is 0 Å². The highest BCUT2D eigenvalue weighted by Crippen LogP contribution is 2.30. The van der Waals surface area contributed by atoms with E-state index in [0.29, 0.717) is 16.5 Å². The molecule has 2 N–H and O–H groups in total. The number of carbonyl (C=O) groups excluding carboxylic acids is 1. The molecule has 2 rings (SSSR count). The molecule has 1 aromatic rings. The van der Waals surface area contributed by atoms with E-state index < -0.39 is 6.04 Å². The molecule has 0 fully saturated rings. The van der Waals surface area contributed by atoms with Crippen molar-refractivity contribution in [2.24, 2.45) is 4.99 Å². The van der Waals surface area contributed by atoms with Crippen molar-refractivity contribution in [1.29, 1.82) is 0 Å². The van der Waals surface area contributed by atoms with Gasteiger partial charge in [0, 0.05) is 21.1 Å². The number of amides is 1. The van der Waals surface area contributed by atoms with E-state index in [1.165, 1.54) is 0 Å². The second kappa shape index (κ2) is 5.28. The number of aliphatic imine (C=N–C) groups is 1. The van der Waals surface area contributed by atoms with Crippen LogP contribution in [0.2, 0.25) is 5.02 Å². The Morgan fingerprint density at radius 1 is 1.50 bits per heavy atom. The van der Waals surface area contributed by atoms with Crippen molar-refractivity contribution in [2.75, 3.05) is 0 Å². The summed E-state index contributed by atoms with van der Waals surface area (Å²) in [6.45, 7) is 3.96. The minimum atomic E-state index is -0.587. The zero-order valence-electron chi connectivity index (χ0n) is 10.00. The average Bonchev–Trinajstić information content (AvgIpc) is 2.62. The lowest BCUT2D eigenvalue weighted by Gasteiger charge is -2.07. The fourth-order valence-electron chi connectivity index (χ4n) is 1.69. The van der Waals surface area contributed by atoms with E-state index in [0.717, 1.165) is 4.47 Å². The predicted octanol–water partition coefficient (Wildman–Crippen LogP) is 2.63. The predicted molar refractivity (Wildman–Crippen MR) is 75.7 cm³/mol. The van der Waals surface area contributed by atoms with E-state index in [1.54, 1.807) is 6.07 Å². The van der Waals surface area contributed by atoms with Crippen LogP contribution < -0.4 is 10.6 Å². The summed E-state index contributed by atoms with van der Waals surface area (Å²) < 4.78 is 0.871. The topological polar surface area (TPSA) is 53.5 Å². The van der Waals surface area contributed by atoms with Gasteiger partial charge in [0.15, 0.2) is 12.0 Å². The Balaban J connectivity index is 2.30. The minimum Gasteiger partial charge on any atom is -0.354 e. The maximum Gasteiger partial charge on any atom is 0.256 e. The molecule has 0 saturated heterocycles. The zero-order chi connectivity index (χ0) is 13.3. The number of guanidine groups is 1. The second-order valence-electron chi connectivity index (χ2n) is 4.33. The van der Waals surface area contributed by atoms with Gasteiger partial charge >= 0.3 is 0 Å². The van der Waals surface area contributed by atoms with Crippen LogP contribution in [0.4, 0.5) is 0 Å². The van der Waals surface area contributed by atoms with Gasteiger partial charge in [0.2, 0.25) is 0 Å². The van der Waals surface area contributed by atoms with Gasteiger partial charge in [-0.3, -0.25) is 10.1 Å². The molecule has 0 bridgehead atoms. The monoisotopic (exact) mass is 329 g/mol. The van der Waals surface area contributed by atoms with E-state index in [-0.39, 0.29) is 11.9 Å². The van der Waals surface area contributed by atoms with Crippen LogP contribution in [0.5, 0.6) is 0 Å². The number of rotatable bonds is 2. The molecule has 0 spiro atoms. The summed E-state index contributed by atoms with van der Waals surface area (Å²) in [7, 11) is 0. The quantitative estimate of drug-likeness (QED) is 0.876. The smallest absolute Gasteiger partial charge is 0.256 e. The summed E-state index contributed by atoms with van der Waals surface area (Å²) in [5, 5.41) is 6.31. The Hall–Kier alpha value is -1.07. The lowest BCUT2D eigenvalue weighted by atomic mass is 10.1. The van der Waals surface area contributed by atoms with Crippen molar-refractivity contribution in [3.63, 3.8) is 0 Å². The minimum absolute atomic E-state index is 0.168. The molecule has 1 aliphatic heterocycles. The first-order valence-electron chi connectivity index (χ1n) is 5.57. The largest absolute Gasteiger partial charge is 0.354 e. The van der Waals surface area contributed by atoms with Gasteiger partial charge in [0.1, 0.15) is 0 Å². The van der Waals surface area contributed by atoms with E-state index in [4.69, 9.17) is 11.6 Å². The normalized spacial score (nSPS) is 18.8. The summed E-state index contributed by atoms with van der Waals surface area (Å²) in [5.41, 5.74) is 0.698. The molecule has 18 heavy (non-hydrogen) atoms. The molecule has 0 radical (unpaired) electrons. The molecule has 1 aliphatic rings. The van der Waals surface area contributed by atoms with Crippen molar-refractivity contribution in [2.45, 2.75) is 25.9 Å². The fraction of sp³-hybridized carbons (Fsp3) is 0.333. The number of hydrogen-bond acceptors (Lipinski definition) is 3. The molecule has 1 aromatic carbocycles. The second-order valence-corrected chi connectivity index (χ2v) is 5.66. The molecule has 96 valence electrons. The number of hydrogen-bond donors (Lipinski definition) is 2. The third kappa shape index (κ3) is 2.84. The molecule has 0 aliphatic carbocycles. The zero-order valence-corrected chi connectivity index (χ0v) is 12.3. The average molecular weight is 331 g/mol. The van der Waals surface area contributed by atoms with Gasteiger partial charge < -0.3 is 5.32 Å². The summed E-state index contributed by atoms with van der Waals surface area (Å²) >= 11 is 9.47. The summed E-state index contributed by atoms with van der Waals surface area (Å²) in [6, 6.07) is 5.01. The van der Waals surface area contributed by atoms with Crippen molar-refractivity contribution in [3.8, 4) is 0 Å². The van der Waals surface area contributed by atoms with Crippen molar-refractivity contribution in [1.82, 2.24) is 10.6 Å². The highest BCUT2D eigenvalue weighted by molar-refractivity contribution is 9.10. The Labute approximate surface area is 119 Å². The fourth-order valence-corrected chi connectivity index (χ4v) is 2.29. The molecule has 1 heterocycles. The van der Waals surface area contributed by atoms with Gasteiger partial charge in [0.25, 0.3) is 5.91 Å². The van der Waals surface area contributed by atoms with Crippen LogP contribution in [-0.2, 0) is 4.79 Å². The third-order valence-corrected chi connectivity index (χ3v) is 3.26. The van der Waals surface area contributed by atoms with Gasteiger partial charge in [-0.05, 0) is 32.0 Å². The number of nitrogens with one attached hydrogen (secondary N) is 2. The molecule has 1 unspecified atom stereocenters. The molecule has 1 atom stereocenters. The lowest BCUT2D eigenvalue weighted by Crippen LogP contribution is -2.40. The van der Waals surface area contributed by atoms with E-state index >= 15 is 0 Å². The van der Waals surface area contributed by atoms with Gasteiger partial charge in [-0.25, -0.2) is 4.99 Å². The first kappa shape index (κ1) is 13.4. The molecule has 6 heteroatoms. The molecular weight excluding hydrogens is 318 g/mol. The first-order valence-corrected chi connectivity index (χ1v) is 6.74. The summed E-state index contributed by atoms with van der Waals surface area (Å²) in [6.07, 6.45) is 0. The maximum atomic E-state index is 11.9. The summed E-state index contributed by atoms with van der Waals surface area (Å²) in [5.74, 6) is 0.328. The third-order valence-electron chi connectivity index (χ3n) is 2.43. The molecule has 4 nitrogen and oxygen atoms in total. The molecule has 0 saturated carbocycles. The SMILES string of the molecule is CC(C)NC1=NC(c2cc(Br)ccc2Cl)C(=O)N1. The van der Waals surface area contributed by atoms with Gasteiger partial charge in [-0.1, -0.05) is 27.5 Å². The molecule has 0 aromatic heterocycles. The Morgan fingerprint density at radius 3 is 2.89 bits per heavy atom. The van der Waals surface area contributed by atoms with E-state index in [1.807, 2.05) is 26.0 Å². The molecular formula is C12H13BrClN3O. The number of halogens is 2. The number of carbonyl (C=O) groups is 1. The number of benzene rings is 1. The number of nitrogens with zero attached hydrogens (tertiary/aromatic N) is 1. The van der Waals surface area contributed by atoms with Crippen LogP contribution in [0.15, 0.2) is 27.7 Å². The van der Waals surface area contributed by atoms with Crippen LogP contribution in [0.25, 0.3) is 0 Å². The van der Waals surface area contributed by atoms with Crippen LogP contribution in [0, 0.1) is 0 Å². The van der Waals surface area contributed by atoms with Gasteiger partial charge in [-0.2, -0.15) is 0 Å². The standard InChI is InChI=1S/C12H13BrClN3O/c1-6(2)15-12-16-10(11(18)17-12)8-5-7(13)3-4-9(8)14/h3-6,10H,1-2H3,(H2,15,16,17,18). The van der Waals surface area contributed by atoms with E-state index in [2.05, 4.69) is 31.6 Å². The van der Waals surface area contributed by atoms with Crippen molar-refractivity contribution >= 4 is 39.4 Å².